The Morgan fingerprint density at radius 1 is 1.38 bits per heavy atom. The Balaban J connectivity index is 3.07. The van der Waals surface area contributed by atoms with E-state index in [4.69, 9.17) is 9.47 Å². The van der Waals surface area contributed by atoms with Crippen molar-refractivity contribution in [2.24, 2.45) is 0 Å². The minimum Gasteiger partial charge on any atom is -0.493 e. The molecule has 16 heavy (non-hydrogen) atoms. The van der Waals surface area contributed by atoms with Crippen LogP contribution in [-0.4, -0.2) is 20.3 Å². The van der Waals surface area contributed by atoms with Gasteiger partial charge in [-0.1, -0.05) is 0 Å². The third-order valence-electron chi connectivity index (χ3n) is 2.02. The zero-order chi connectivity index (χ0) is 12.1. The molecule has 1 rings (SSSR count). The molecule has 0 heterocycles. The molecule has 0 spiro atoms. The summed E-state index contributed by atoms with van der Waals surface area (Å²) in [4.78, 5) is 0. The van der Waals surface area contributed by atoms with E-state index in [1.807, 2.05) is 33.0 Å². The van der Waals surface area contributed by atoms with Crippen molar-refractivity contribution >= 4 is 15.9 Å². The van der Waals surface area contributed by atoms with Gasteiger partial charge in [-0.2, -0.15) is 0 Å². The van der Waals surface area contributed by atoms with Crippen LogP contribution >= 0.6 is 15.9 Å². The number of methoxy groups -OCH3 is 1. The van der Waals surface area contributed by atoms with Gasteiger partial charge in [0.15, 0.2) is 11.5 Å². The molecule has 4 heteroatoms. The largest absolute Gasteiger partial charge is 0.493 e. The first-order valence-electron chi connectivity index (χ1n) is 5.26. The van der Waals surface area contributed by atoms with Gasteiger partial charge < -0.3 is 14.8 Å². The number of benzene rings is 1. The highest BCUT2D eigenvalue weighted by Crippen LogP contribution is 2.37. The maximum absolute atomic E-state index is 5.71. The van der Waals surface area contributed by atoms with E-state index in [2.05, 4.69) is 21.2 Å². The maximum Gasteiger partial charge on any atom is 0.175 e. The summed E-state index contributed by atoms with van der Waals surface area (Å²) >= 11 is 3.50. The number of ether oxygens (including phenoxy) is 2. The Kier molecular flexibility index (Phi) is 5.09. The molecule has 0 radical (unpaired) electrons. The summed E-state index contributed by atoms with van der Waals surface area (Å²) in [6.07, 6.45) is 0.125. The third kappa shape index (κ3) is 3.39. The van der Waals surface area contributed by atoms with E-state index in [-0.39, 0.29) is 6.10 Å². The Bertz CT molecular complexity index is 353. The molecule has 0 aliphatic carbocycles. The second-order valence-corrected chi connectivity index (χ2v) is 4.66. The van der Waals surface area contributed by atoms with Crippen LogP contribution in [0.2, 0.25) is 0 Å². The lowest BCUT2D eigenvalue weighted by molar-refractivity contribution is 0.228. The molecule has 0 unspecified atom stereocenters. The van der Waals surface area contributed by atoms with Crippen molar-refractivity contribution in [3.63, 3.8) is 0 Å². The third-order valence-corrected chi connectivity index (χ3v) is 2.61. The molecule has 1 aromatic rings. The van der Waals surface area contributed by atoms with Crippen LogP contribution < -0.4 is 14.8 Å². The summed E-state index contributed by atoms with van der Waals surface area (Å²) in [6.45, 7) is 4.79. The highest BCUT2D eigenvalue weighted by atomic mass is 79.9. The van der Waals surface area contributed by atoms with Crippen LogP contribution in [0.3, 0.4) is 0 Å². The first-order chi connectivity index (χ1) is 7.58. The van der Waals surface area contributed by atoms with Crippen LogP contribution in [0.4, 0.5) is 0 Å². The van der Waals surface area contributed by atoms with Crippen molar-refractivity contribution in [3.8, 4) is 11.5 Å². The van der Waals surface area contributed by atoms with Gasteiger partial charge in [0.2, 0.25) is 0 Å². The molecule has 0 bridgehead atoms. The lowest BCUT2D eigenvalue weighted by Crippen LogP contribution is -2.09. The average molecular weight is 288 g/mol. The lowest BCUT2D eigenvalue weighted by Gasteiger charge is -2.16. The predicted molar refractivity (Wildman–Crippen MR) is 69.2 cm³/mol. The summed E-state index contributed by atoms with van der Waals surface area (Å²) in [5.41, 5.74) is 1.15. The molecular formula is C12H18BrNO2. The number of nitrogens with one attached hydrogen (secondary N) is 1. The average Bonchev–Trinajstić information content (AvgIpc) is 2.21. The molecule has 0 aliphatic rings. The van der Waals surface area contributed by atoms with Gasteiger partial charge in [0.05, 0.1) is 17.7 Å². The van der Waals surface area contributed by atoms with E-state index in [1.165, 1.54) is 0 Å². The zero-order valence-electron chi connectivity index (χ0n) is 10.1. The first-order valence-corrected chi connectivity index (χ1v) is 6.05. The van der Waals surface area contributed by atoms with Gasteiger partial charge in [-0.15, -0.1) is 0 Å². The minimum absolute atomic E-state index is 0.125. The van der Waals surface area contributed by atoms with Crippen LogP contribution in [0.5, 0.6) is 11.5 Å². The molecule has 3 nitrogen and oxygen atoms in total. The summed E-state index contributed by atoms with van der Waals surface area (Å²) in [6, 6.07) is 4.02. The van der Waals surface area contributed by atoms with Crippen LogP contribution in [0.1, 0.15) is 19.4 Å². The fourth-order valence-electron chi connectivity index (χ4n) is 1.43. The fourth-order valence-corrected chi connectivity index (χ4v) is 2.01. The van der Waals surface area contributed by atoms with Crippen molar-refractivity contribution in [1.29, 1.82) is 0 Å². The number of halogens is 1. The highest BCUT2D eigenvalue weighted by Gasteiger charge is 2.12. The standard InChI is InChI=1S/C12H18BrNO2/c1-8(2)16-12-10(13)5-9(7-14-3)6-11(12)15-4/h5-6,8,14H,7H2,1-4H3. The van der Waals surface area contributed by atoms with Gasteiger partial charge >= 0.3 is 0 Å². The van der Waals surface area contributed by atoms with Gasteiger partial charge in [-0.3, -0.25) is 0 Å². The zero-order valence-corrected chi connectivity index (χ0v) is 11.7. The fraction of sp³-hybridized carbons (Fsp3) is 0.500. The molecule has 0 fully saturated rings. The highest BCUT2D eigenvalue weighted by molar-refractivity contribution is 9.10. The van der Waals surface area contributed by atoms with Crippen molar-refractivity contribution < 1.29 is 9.47 Å². The topological polar surface area (TPSA) is 30.5 Å². The van der Waals surface area contributed by atoms with E-state index in [9.17, 15) is 0 Å². The normalized spacial score (nSPS) is 10.6. The monoisotopic (exact) mass is 287 g/mol. The van der Waals surface area contributed by atoms with Gasteiger partial charge in [-0.05, 0) is 54.5 Å². The summed E-state index contributed by atoms with van der Waals surface area (Å²) < 4.78 is 12.0. The SMILES string of the molecule is CNCc1cc(Br)c(OC(C)C)c(OC)c1. The van der Waals surface area contributed by atoms with Gasteiger partial charge in [0, 0.05) is 6.54 Å². The van der Waals surface area contributed by atoms with Crippen molar-refractivity contribution in [2.45, 2.75) is 26.5 Å². The molecule has 0 aromatic heterocycles. The Morgan fingerprint density at radius 3 is 2.56 bits per heavy atom. The predicted octanol–water partition coefficient (Wildman–Crippen LogP) is 2.96. The van der Waals surface area contributed by atoms with Crippen molar-refractivity contribution in [3.05, 3.63) is 22.2 Å². The molecular weight excluding hydrogens is 270 g/mol. The molecule has 0 amide bonds. The second-order valence-electron chi connectivity index (χ2n) is 3.81. The Morgan fingerprint density at radius 2 is 2.06 bits per heavy atom. The van der Waals surface area contributed by atoms with Crippen LogP contribution in [0, 0.1) is 0 Å². The van der Waals surface area contributed by atoms with Crippen LogP contribution in [0.25, 0.3) is 0 Å². The first kappa shape index (κ1) is 13.3. The van der Waals surface area contributed by atoms with Gasteiger partial charge in [0.1, 0.15) is 0 Å². The van der Waals surface area contributed by atoms with E-state index < -0.39 is 0 Å². The number of rotatable bonds is 5. The Hall–Kier alpha value is -0.740. The molecule has 90 valence electrons. The van der Waals surface area contributed by atoms with Crippen molar-refractivity contribution in [1.82, 2.24) is 5.32 Å². The van der Waals surface area contributed by atoms with Crippen molar-refractivity contribution in [2.75, 3.05) is 14.2 Å². The quantitative estimate of drug-likeness (QED) is 0.903. The molecule has 1 N–H and O–H groups in total. The maximum atomic E-state index is 5.71. The molecule has 0 saturated heterocycles. The van der Waals surface area contributed by atoms with E-state index >= 15 is 0 Å². The molecule has 1 aromatic carbocycles. The second kappa shape index (κ2) is 6.11. The summed E-state index contributed by atoms with van der Waals surface area (Å²) in [5, 5.41) is 3.11. The number of hydrogen-bond donors (Lipinski definition) is 1. The smallest absolute Gasteiger partial charge is 0.175 e. The lowest BCUT2D eigenvalue weighted by atomic mass is 10.2. The van der Waals surface area contributed by atoms with E-state index in [0.29, 0.717) is 0 Å². The van der Waals surface area contributed by atoms with Gasteiger partial charge in [0.25, 0.3) is 0 Å². The van der Waals surface area contributed by atoms with Gasteiger partial charge in [-0.25, -0.2) is 0 Å². The minimum atomic E-state index is 0.125. The molecule has 0 atom stereocenters. The Labute approximate surface area is 105 Å². The molecule has 0 saturated carbocycles. The number of hydrogen-bond acceptors (Lipinski definition) is 3. The van der Waals surface area contributed by atoms with Crippen LogP contribution in [-0.2, 0) is 6.54 Å². The van der Waals surface area contributed by atoms with E-state index in [0.717, 1.165) is 28.1 Å². The summed E-state index contributed by atoms with van der Waals surface area (Å²) in [7, 11) is 3.57. The molecule has 0 aliphatic heterocycles. The van der Waals surface area contributed by atoms with Crippen LogP contribution in [0.15, 0.2) is 16.6 Å². The summed E-state index contributed by atoms with van der Waals surface area (Å²) in [5.74, 6) is 1.52. The van der Waals surface area contributed by atoms with E-state index in [1.54, 1.807) is 7.11 Å².